The van der Waals surface area contributed by atoms with Crippen LogP contribution >= 0.6 is 0 Å². The number of carbonyl (C=O) groups is 2. The molecule has 0 radical (unpaired) electrons. The fourth-order valence-corrected chi connectivity index (χ4v) is 2.29. The van der Waals surface area contributed by atoms with Crippen LogP contribution in [-0.4, -0.2) is 36.2 Å². The third-order valence-electron chi connectivity index (χ3n) is 3.34. The molecule has 0 aromatic carbocycles. The molecule has 6 nitrogen and oxygen atoms in total. The fourth-order valence-electron chi connectivity index (χ4n) is 2.29. The van der Waals surface area contributed by atoms with Crippen molar-refractivity contribution in [3.63, 3.8) is 0 Å². The molecule has 0 aromatic rings. The molecule has 1 aliphatic carbocycles. The van der Waals surface area contributed by atoms with Crippen molar-refractivity contribution in [3.8, 4) is 0 Å². The lowest BCUT2D eigenvalue weighted by atomic mass is 9.97. The summed E-state index contributed by atoms with van der Waals surface area (Å²) < 4.78 is 0. The molecule has 1 rings (SSSR count). The highest BCUT2D eigenvalue weighted by atomic mass is 16.3. The van der Waals surface area contributed by atoms with Gasteiger partial charge in [-0.3, -0.25) is 4.79 Å². The second-order valence-corrected chi connectivity index (χ2v) is 4.61. The maximum atomic E-state index is 11.6. The molecular formula is C11H21N3O3. The number of aliphatic hydroxyl groups is 1. The number of hydrogen-bond donors (Lipinski definition) is 4. The molecule has 0 aromatic heterocycles. The van der Waals surface area contributed by atoms with Crippen LogP contribution in [0, 0.1) is 11.8 Å². The largest absolute Gasteiger partial charge is 0.396 e. The first-order valence-corrected chi connectivity index (χ1v) is 5.99. The average Bonchev–Trinajstić information content (AvgIpc) is 2.72. The molecule has 1 fully saturated rings. The normalized spacial score (nSPS) is 25.3. The molecule has 1 aliphatic rings. The monoisotopic (exact) mass is 243 g/mol. The number of amides is 3. The SMILES string of the molecule is CC(NC(N)=O)C(=O)NCC1CCCC1CO. The number of urea groups is 1. The van der Waals surface area contributed by atoms with Crippen LogP contribution in [0.15, 0.2) is 0 Å². The van der Waals surface area contributed by atoms with E-state index in [2.05, 4.69) is 10.6 Å². The number of nitrogens with one attached hydrogen (secondary N) is 2. The molecular weight excluding hydrogens is 222 g/mol. The van der Waals surface area contributed by atoms with E-state index in [1.54, 1.807) is 6.92 Å². The fraction of sp³-hybridized carbons (Fsp3) is 0.818. The van der Waals surface area contributed by atoms with E-state index in [-0.39, 0.29) is 18.4 Å². The number of carbonyl (C=O) groups excluding carboxylic acids is 2. The van der Waals surface area contributed by atoms with Gasteiger partial charge in [-0.1, -0.05) is 6.42 Å². The van der Waals surface area contributed by atoms with Gasteiger partial charge in [0.25, 0.3) is 0 Å². The second-order valence-electron chi connectivity index (χ2n) is 4.61. The van der Waals surface area contributed by atoms with Gasteiger partial charge in [-0.25, -0.2) is 4.79 Å². The quantitative estimate of drug-likeness (QED) is 0.526. The molecule has 6 heteroatoms. The number of hydrogen-bond acceptors (Lipinski definition) is 3. The van der Waals surface area contributed by atoms with E-state index >= 15 is 0 Å². The van der Waals surface area contributed by atoms with E-state index in [0.29, 0.717) is 12.5 Å². The van der Waals surface area contributed by atoms with Crippen molar-refractivity contribution < 1.29 is 14.7 Å². The van der Waals surface area contributed by atoms with Gasteiger partial charge in [0.2, 0.25) is 5.91 Å². The summed E-state index contributed by atoms with van der Waals surface area (Å²) in [6, 6.07) is -1.33. The zero-order chi connectivity index (χ0) is 12.8. The molecule has 0 aliphatic heterocycles. The number of primary amides is 1. The minimum Gasteiger partial charge on any atom is -0.396 e. The van der Waals surface area contributed by atoms with Gasteiger partial charge in [0.05, 0.1) is 0 Å². The first-order valence-electron chi connectivity index (χ1n) is 5.99. The van der Waals surface area contributed by atoms with Gasteiger partial charge in [0.15, 0.2) is 0 Å². The highest BCUT2D eigenvalue weighted by Crippen LogP contribution is 2.30. The summed E-state index contributed by atoms with van der Waals surface area (Å²) in [5.41, 5.74) is 4.93. The summed E-state index contributed by atoms with van der Waals surface area (Å²) in [7, 11) is 0. The van der Waals surface area contributed by atoms with Gasteiger partial charge in [0.1, 0.15) is 6.04 Å². The molecule has 1 saturated carbocycles. The lowest BCUT2D eigenvalue weighted by molar-refractivity contribution is -0.122. The zero-order valence-electron chi connectivity index (χ0n) is 10.1. The van der Waals surface area contributed by atoms with Crippen LogP contribution in [0.2, 0.25) is 0 Å². The van der Waals surface area contributed by atoms with Crippen molar-refractivity contribution in [2.45, 2.75) is 32.2 Å². The van der Waals surface area contributed by atoms with E-state index < -0.39 is 12.1 Å². The average molecular weight is 243 g/mol. The molecule has 0 spiro atoms. The van der Waals surface area contributed by atoms with Gasteiger partial charge >= 0.3 is 6.03 Å². The van der Waals surface area contributed by atoms with Crippen molar-refractivity contribution in [2.24, 2.45) is 17.6 Å². The topological polar surface area (TPSA) is 104 Å². The Bertz CT molecular complexity index is 283. The van der Waals surface area contributed by atoms with Crippen molar-refractivity contribution in [3.05, 3.63) is 0 Å². The summed E-state index contributed by atoms with van der Waals surface area (Å²) in [4.78, 5) is 22.2. The first kappa shape index (κ1) is 13.8. The van der Waals surface area contributed by atoms with Gasteiger partial charge in [-0.15, -0.1) is 0 Å². The van der Waals surface area contributed by atoms with Crippen LogP contribution < -0.4 is 16.4 Å². The van der Waals surface area contributed by atoms with Crippen molar-refractivity contribution in [1.29, 1.82) is 0 Å². The molecule has 3 unspecified atom stereocenters. The predicted molar refractivity (Wildman–Crippen MR) is 63.1 cm³/mol. The summed E-state index contributed by atoms with van der Waals surface area (Å²) in [5.74, 6) is 0.381. The van der Waals surface area contributed by atoms with Gasteiger partial charge in [-0.05, 0) is 31.6 Å². The van der Waals surface area contributed by atoms with Gasteiger partial charge in [0, 0.05) is 13.2 Å². The molecule has 3 atom stereocenters. The molecule has 0 bridgehead atoms. The predicted octanol–water partition coefficient (Wildman–Crippen LogP) is -0.432. The van der Waals surface area contributed by atoms with Crippen molar-refractivity contribution in [2.75, 3.05) is 13.2 Å². The lowest BCUT2D eigenvalue weighted by Crippen LogP contribution is -2.47. The summed E-state index contributed by atoms with van der Waals surface area (Å²) in [6.45, 7) is 2.31. The minimum atomic E-state index is -0.707. The standard InChI is InChI=1S/C11H21N3O3/c1-7(14-11(12)17)10(16)13-5-8-3-2-4-9(8)6-15/h7-9,15H,2-6H2,1H3,(H,13,16)(H3,12,14,17). The maximum absolute atomic E-state index is 11.6. The lowest BCUT2D eigenvalue weighted by Gasteiger charge is -2.19. The Kier molecular flexibility index (Phi) is 5.21. The smallest absolute Gasteiger partial charge is 0.312 e. The first-order chi connectivity index (χ1) is 8.04. The Balaban J connectivity index is 2.30. The van der Waals surface area contributed by atoms with Crippen LogP contribution in [0.3, 0.4) is 0 Å². The Labute approximate surface area is 101 Å². The number of rotatable bonds is 5. The van der Waals surface area contributed by atoms with E-state index in [1.807, 2.05) is 0 Å². The second kappa shape index (κ2) is 6.44. The third kappa shape index (κ3) is 4.22. The van der Waals surface area contributed by atoms with Crippen LogP contribution in [0.25, 0.3) is 0 Å². The summed E-state index contributed by atoms with van der Waals surface area (Å²) >= 11 is 0. The Morgan fingerprint density at radius 2 is 2.06 bits per heavy atom. The highest BCUT2D eigenvalue weighted by molar-refractivity contribution is 5.86. The molecule has 0 heterocycles. The summed E-state index contributed by atoms with van der Waals surface area (Å²) in [5, 5.41) is 14.2. The van der Waals surface area contributed by atoms with E-state index in [4.69, 9.17) is 10.8 Å². The minimum absolute atomic E-state index is 0.176. The van der Waals surface area contributed by atoms with E-state index in [0.717, 1.165) is 19.3 Å². The highest BCUT2D eigenvalue weighted by Gasteiger charge is 2.27. The van der Waals surface area contributed by atoms with Crippen LogP contribution in [0.4, 0.5) is 4.79 Å². The van der Waals surface area contributed by atoms with Crippen LogP contribution in [0.1, 0.15) is 26.2 Å². The van der Waals surface area contributed by atoms with E-state index in [9.17, 15) is 9.59 Å². The van der Waals surface area contributed by atoms with E-state index in [1.165, 1.54) is 0 Å². The van der Waals surface area contributed by atoms with Crippen LogP contribution in [-0.2, 0) is 4.79 Å². The maximum Gasteiger partial charge on any atom is 0.312 e. The molecule has 3 amide bonds. The molecule has 5 N–H and O–H groups in total. The Hall–Kier alpha value is -1.30. The number of nitrogens with two attached hydrogens (primary N) is 1. The zero-order valence-corrected chi connectivity index (χ0v) is 10.1. The molecule has 98 valence electrons. The Morgan fingerprint density at radius 3 is 2.65 bits per heavy atom. The Morgan fingerprint density at radius 1 is 1.41 bits per heavy atom. The molecule has 17 heavy (non-hydrogen) atoms. The summed E-state index contributed by atoms with van der Waals surface area (Å²) in [6.07, 6.45) is 3.15. The van der Waals surface area contributed by atoms with Gasteiger partial charge < -0.3 is 21.5 Å². The van der Waals surface area contributed by atoms with Gasteiger partial charge in [-0.2, -0.15) is 0 Å². The van der Waals surface area contributed by atoms with Crippen LogP contribution in [0.5, 0.6) is 0 Å². The van der Waals surface area contributed by atoms with Crippen molar-refractivity contribution >= 4 is 11.9 Å². The molecule has 0 saturated heterocycles. The number of aliphatic hydroxyl groups excluding tert-OH is 1. The van der Waals surface area contributed by atoms with Crippen molar-refractivity contribution in [1.82, 2.24) is 10.6 Å². The third-order valence-corrected chi connectivity index (χ3v) is 3.34.